The second-order valence-electron chi connectivity index (χ2n) is 7.10. The molecule has 0 spiro atoms. The number of thioether (sulfide) groups is 1. The number of hydrogen-bond acceptors (Lipinski definition) is 4. The van der Waals surface area contributed by atoms with E-state index in [1.54, 1.807) is 18.7 Å². The molecule has 1 aliphatic heterocycles. The van der Waals surface area contributed by atoms with Crippen molar-refractivity contribution in [2.45, 2.75) is 31.7 Å². The lowest BCUT2D eigenvalue weighted by atomic mass is 10.2. The van der Waals surface area contributed by atoms with Crippen molar-refractivity contribution in [2.75, 3.05) is 23.7 Å². The molecular weight excluding hydrogens is 386 g/mol. The van der Waals surface area contributed by atoms with Crippen molar-refractivity contribution in [3.63, 3.8) is 0 Å². The molecule has 7 heteroatoms. The number of anilines is 1. The van der Waals surface area contributed by atoms with E-state index in [9.17, 15) is 14.4 Å². The highest BCUT2D eigenvalue weighted by atomic mass is 32.2. The molecule has 1 fully saturated rings. The van der Waals surface area contributed by atoms with E-state index in [2.05, 4.69) is 5.32 Å². The molecule has 1 aliphatic rings. The summed E-state index contributed by atoms with van der Waals surface area (Å²) in [4.78, 5) is 41.1. The Kier molecular flexibility index (Phi) is 6.59. The number of amides is 4. The van der Waals surface area contributed by atoms with Gasteiger partial charge in [0.1, 0.15) is 12.6 Å². The lowest BCUT2D eigenvalue weighted by Gasteiger charge is -2.19. The summed E-state index contributed by atoms with van der Waals surface area (Å²) in [6.45, 7) is 5.87. The number of benzene rings is 2. The fraction of sp³-hybridized carbons (Fsp3) is 0.318. The van der Waals surface area contributed by atoms with Crippen molar-refractivity contribution in [1.29, 1.82) is 0 Å². The summed E-state index contributed by atoms with van der Waals surface area (Å²) in [5.74, 6) is 0.0108. The average molecular weight is 412 g/mol. The summed E-state index contributed by atoms with van der Waals surface area (Å²) in [6, 6.07) is 14.5. The highest BCUT2D eigenvalue weighted by molar-refractivity contribution is 7.99. The predicted molar refractivity (Wildman–Crippen MR) is 115 cm³/mol. The van der Waals surface area contributed by atoms with E-state index in [4.69, 9.17) is 0 Å². The van der Waals surface area contributed by atoms with Gasteiger partial charge in [0.25, 0.3) is 5.91 Å². The van der Waals surface area contributed by atoms with Gasteiger partial charge in [0.2, 0.25) is 5.91 Å². The van der Waals surface area contributed by atoms with E-state index in [-0.39, 0.29) is 18.4 Å². The van der Waals surface area contributed by atoms with Gasteiger partial charge < -0.3 is 5.32 Å². The number of imide groups is 1. The zero-order chi connectivity index (χ0) is 21.0. The molecule has 29 heavy (non-hydrogen) atoms. The summed E-state index contributed by atoms with van der Waals surface area (Å²) < 4.78 is 0. The van der Waals surface area contributed by atoms with Crippen LogP contribution in [0.4, 0.5) is 10.5 Å². The summed E-state index contributed by atoms with van der Waals surface area (Å²) >= 11 is 1.64. The van der Waals surface area contributed by atoms with Crippen LogP contribution in [0.15, 0.2) is 53.4 Å². The molecule has 1 atom stereocenters. The predicted octanol–water partition coefficient (Wildman–Crippen LogP) is 3.37. The minimum absolute atomic E-state index is 0.264. The molecule has 0 unspecified atom stereocenters. The van der Waals surface area contributed by atoms with Gasteiger partial charge in [0.05, 0.1) is 0 Å². The van der Waals surface area contributed by atoms with Crippen molar-refractivity contribution in [3.05, 3.63) is 59.7 Å². The third-order valence-corrected chi connectivity index (χ3v) is 5.79. The van der Waals surface area contributed by atoms with Gasteiger partial charge in [-0.05, 0) is 45.0 Å². The Bertz CT molecular complexity index is 897. The maximum absolute atomic E-state index is 12.7. The molecule has 1 heterocycles. The molecule has 0 saturated carbocycles. The monoisotopic (exact) mass is 411 g/mol. The molecule has 2 aromatic rings. The quantitative estimate of drug-likeness (QED) is 0.431. The summed E-state index contributed by atoms with van der Waals surface area (Å²) in [7, 11) is 0. The molecule has 0 aliphatic carbocycles. The highest BCUT2D eigenvalue weighted by Crippen LogP contribution is 2.26. The average Bonchev–Trinajstić information content (AvgIpc) is 2.91. The summed E-state index contributed by atoms with van der Waals surface area (Å²) in [6.07, 6.45) is 0. The molecule has 0 aromatic heterocycles. The Morgan fingerprint density at radius 2 is 1.59 bits per heavy atom. The first-order valence-corrected chi connectivity index (χ1v) is 10.5. The lowest BCUT2D eigenvalue weighted by Crippen LogP contribution is -2.42. The smallest absolute Gasteiger partial charge is 0.332 e. The van der Waals surface area contributed by atoms with Crippen LogP contribution in [0.1, 0.15) is 18.1 Å². The molecule has 6 nitrogen and oxygen atoms in total. The zero-order valence-electron chi connectivity index (χ0n) is 16.8. The second-order valence-corrected chi connectivity index (χ2v) is 8.27. The van der Waals surface area contributed by atoms with Gasteiger partial charge in [-0.25, -0.2) is 4.79 Å². The van der Waals surface area contributed by atoms with Gasteiger partial charge in [0.15, 0.2) is 0 Å². The van der Waals surface area contributed by atoms with Crippen molar-refractivity contribution in [3.8, 4) is 0 Å². The second kappa shape index (κ2) is 9.13. The van der Waals surface area contributed by atoms with Crippen LogP contribution in [-0.2, 0) is 9.59 Å². The number of urea groups is 1. The van der Waals surface area contributed by atoms with E-state index < -0.39 is 12.1 Å². The van der Waals surface area contributed by atoms with E-state index >= 15 is 0 Å². The SMILES string of the molecule is Cc1ccc(SCCNC(=O)CN2C(=O)[C@H](C)N(c3ccc(C)cc3)C2=O)cc1. The first-order chi connectivity index (χ1) is 13.9. The third-order valence-electron chi connectivity index (χ3n) is 4.78. The third kappa shape index (κ3) is 4.98. The molecule has 1 N–H and O–H groups in total. The summed E-state index contributed by atoms with van der Waals surface area (Å²) in [5.41, 5.74) is 2.93. The van der Waals surface area contributed by atoms with Crippen LogP contribution in [0.3, 0.4) is 0 Å². The van der Waals surface area contributed by atoms with E-state index in [1.807, 2.05) is 62.4 Å². The molecule has 2 aromatic carbocycles. The number of hydrogen-bond donors (Lipinski definition) is 1. The molecular formula is C22H25N3O3S. The highest BCUT2D eigenvalue weighted by Gasteiger charge is 2.43. The molecule has 1 saturated heterocycles. The summed E-state index contributed by atoms with van der Waals surface area (Å²) in [5, 5.41) is 2.78. The largest absolute Gasteiger partial charge is 0.354 e. The van der Waals surface area contributed by atoms with Crippen molar-refractivity contribution in [2.24, 2.45) is 0 Å². The first kappa shape index (κ1) is 20.9. The molecule has 152 valence electrons. The molecule has 0 bridgehead atoms. The van der Waals surface area contributed by atoms with Crippen molar-refractivity contribution in [1.82, 2.24) is 10.2 Å². The minimum Gasteiger partial charge on any atom is -0.354 e. The van der Waals surface area contributed by atoms with Gasteiger partial charge in [-0.3, -0.25) is 19.4 Å². The topological polar surface area (TPSA) is 69.7 Å². The zero-order valence-corrected chi connectivity index (χ0v) is 17.7. The normalized spacial score (nSPS) is 16.4. The van der Waals surface area contributed by atoms with Crippen LogP contribution in [0, 0.1) is 13.8 Å². The number of aryl methyl sites for hydroxylation is 2. The Balaban J connectivity index is 1.51. The van der Waals surface area contributed by atoms with E-state index in [0.717, 1.165) is 15.4 Å². The Morgan fingerprint density at radius 3 is 2.21 bits per heavy atom. The Labute approximate surface area is 175 Å². The minimum atomic E-state index is -0.630. The number of nitrogens with one attached hydrogen (secondary N) is 1. The molecule has 3 rings (SSSR count). The van der Waals surface area contributed by atoms with E-state index in [0.29, 0.717) is 18.0 Å². The van der Waals surface area contributed by atoms with Crippen LogP contribution < -0.4 is 10.2 Å². The maximum Gasteiger partial charge on any atom is 0.332 e. The fourth-order valence-electron chi connectivity index (χ4n) is 3.10. The Hall–Kier alpha value is -2.80. The van der Waals surface area contributed by atoms with Gasteiger partial charge in [-0.15, -0.1) is 11.8 Å². The fourth-order valence-corrected chi connectivity index (χ4v) is 3.87. The van der Waals surface area contributed by atoms with Crippen molar-refractivity contribution < 1.29 is 14.4 Å². The lowest BCUT2D eigenvalue weighted by molar-refractivity contribution is -0.131. The number of carbonyl (C=O) groups is 3. The van der Waals surface area contributed by atoms with Gasteiger partial charge in [-0.1, -0.05) is 35.4 Å². The van der Waals surface area contributed by atoms with Crippen LogP contribution in [0.2, 0.25) is 0 Å². The Morgan fingerprint density at radius 1 is 1.00 bits per heavy atom. The van der Waals surface area contributed by atoms with E-state index in [1.165, 1.54) is 10.5 Å². The van der Waals surface area contributed by atoms with Crippen LogP contribution in [-0.4, -0.2) is 47.6 Å². The maximum atomic E-state index is 12.7. The standard InChI is InChI=1S/C22H25N3O3S/c1-15-4-8-18(9-5-15)25-17(3)21(27)24(22(25)28)14-20(26)23-12-13-29-19-10-6-16(2)7-11-19/h4-11,17H,12-14H2,1-3H3,(H,23,26)/t17-/m0/s1. The number of carbonyl (C=O) groups excluding carboxylic acids is 3. The van der Waals surface area contributed by atoms with Gasteiger partial charge >= 0.3 is 6.03 Å². The number of nitrogens with zero attached hydrogens (tertiary/aromatic N) is 2. The molecule has 4 amide bonds. The van der Waals surface area contributed by atoms with Crippen LogP contribution in [0.5, 0.6) is 0 Å². The first-order valence-electron chi connectivity index (χ1n) is 9.54. The molecule has 0 radical (unpaired) electrons. The van der Waals surface area contributed by atoms with Crippen LogP contribution >= 0.6 is 11.8 Å². The van der Waals surface area contributed by atoms with Crippen LogP contribution in [0.25, 0.3) is 0 Å². The van der Waals surface area contributed by atoms with Gasteiger partial charge in [-0.2, -0.15) is 0 Å². The van der Waals surface area contributed by atoms with Gasteiger partial charge in [0, 0.05) is 22.9 Å². The number of rotatable bonds is 7. The van der Waals surface area contributed by atoms with Crippen molar-refractivity contribution >= 4 is 35.3 Å².